The predicted molar refractivity (Wildman–Crippen MR) is 70.7 cm³/mol. The Morgan fingerprint density at radius 2 is 2.11 bits per heavy atom. The molecule has 0 aliphatic carbocycles. The number of carbonyl (C=O) groups is 1. The monoisotopic (exact) mass is 257 g/mol. The second kappa shape index (κ2) is 5.24. The van der Waals surface area contributed by atoms with Crippen LogP contribution in [0.2, 0.25) is 0 Å². The Balaban J connectivity index is 1.84. The van der Waals surface area contributed by atoms with Gasteiger partial charge in [-0.1, -0.05) is 12.1 Å². The Morgan fingerprint density at radius 1 is 1.26 bits per heavy atom. The Hall–Kier alpha value is -2.14. The highest BCUT2D eigenvalue weighted by atomic mass is 16.5. The third-order valence-electron chi connectivity index (χ3n) is 3.24. The Morgan fingerprint density at radius 3 is 2.84 bits per heavy atom. The predicted octanol–water partition coefficient (Wildman–Crippen LogP) is 1.55. The van der Waals surface area contributed by atoms with Gasteiger partial charge >= 0.3 is 0 Å². The van der Waals surface area contributed by atoms with Gasteiger partial charge in [0.15, 0.2) is 0 Å². The molecule has 0 unspecified atom stereocenters. The van der Waals surface area contributed by atoms with E-state index in [-0.39, 0.29) is 5.91 Å². The number of hydrogen-bond donors (Lipinski definition) is 1. The highest BCUT2D eigenvalue weighted by Gasteiger charge is 2.18. The van der Waals surface area contributed by atoms with Crippen molar-refractivity contribution < 1.29 is 9.53 Å². The van der Waals surface area contributed by atoms with E-state index in [0.29, 0.717) is 31.9 Å². The summed E-state index contributed by atoms with van der Waals surface area (Å²) in [5.41, 5.74) is 2.69. The summed E-state index contributed by atoms with van der Waals surface area (Å²) in [5.74, 6) is 0.0636. The third kappa shape index (κ3) is 2.51. The van der Waals surface area contributed by atoms with Crippen LogP contribution in [0, 0.1) is 0 Å². The van der Waals surface area contributed by atoms with Crippen molar-refractivity contribution in [3.63, 3.8) is 0 Å². The lowest BCUT2D eigenvalue weighted by atomic mass is 10.1. The molecule has 1 fully saturated rings. The maximum atomic E-state index is 12.4. The lowest BCUT2D eigenvalue weighted by Crippen LogP contribution is -2.40. The van der Waals surface area contributed by atoms with E-state index in [1.807, 2.05) is 35.4 Å². The maximum absolute atomic E-state index is 12.4. The van der Waals surface area contributed by atoms with Crippen LogP contribution in [0.4, 0.5) is 0 Å². The fourth-order valence-electron chi connectivity index (χ4n) is 2.19. The standard InChI is InChI=1S/C14H15N3O2/c18-14(17-4-6-19-7-5-17)12-3-1-2-11(8-12)13-9-15-16-10-13/h1-3,8-10H,4-7H2,(H,15,16). The number of nitrogens with zero attached hydrogens (tertiary/aromatic N) is 2. The van der Waals surface area contributed by atoms with Gasteiger partial charge in [-0.15, -0.1) is 0 Å². The summed E-state index contributed by atoms with van der Waals surface area (Å²) < 4.78 is 5.26. The number of hydrogen-bond acceptors (Lipinski definition) is 3. The van der Waals surface area contributed by atoms with Crippen molar-refractivity contribution in [2.45, 2.75) is 0 Å². The zero-order valence-electron chi connectivity index (χ0n) is 10.5. The fourth-order valence-corrected chi connectivity index (χ4v) is 2.19. The minimum Gasteiger partial charge on any atom is -0.378 e. The van der Waals surface area contributed by atoms with Crippen LogP contribution in [0.15, 0.2) is 36.7 Å². The van der Waals surface area contributed by atoms with E-state index in [4.69, 9.17) is 4.74 Å². The molecule has 5 heteroatoms. The van der Waals surface area contributed by atoms with E-state index in [1.165, 1.54) is 0 Å². The number of nitrogens with one attached hydrogen (secondary N) is 1. The zero-order chi connectivity index (χ0) is 13.1. The molecule has 2 aromatic rings. The molecule has 19 heavy (non-hydrogen) atoms. The van der Waals surface area contributed by atoms with E-state index in [2.05, 4.69) is 10.2 Å². The minimum absolute atomic E-state index is 0.0636. The van der Waals surface area contributed by atoms with Crippen molar-refractivity contribution >= 4 is 5.91 Å². The van der Waals surface area contributed by atoms with Crippen molar-refractivity contribution in [1.29, 1.82) is 0 Å². The first-order chi connectivity index (χ1) is 9.34. The molecule has 1 aromatic heterocycles. The number of amides is 1. The molecular formula is C14H15N3O2. The molecule has 1 aromatic carbocycles. The first kappa shape index (κ1) is 11.9. The molecule has 3 rings (SSSR count). The summed E-state index contributed by atoms with van der Waals surface area (Å²) >= 11 is 0. The van der Waals surface area contributed by atoms with E-state index in [9.17, 15) is 4.79 Å². The molecule has 0 radical (unpaired) electrons. The number of morpholine rings is 1. The largest absolute Gasteiger partial charge is 0.378 e. The van der Waals surface area contributed by atoms with Crippen molar-refractivity contribution in [3.05, 3.63) is 42.2 Å². The third-order valence-corrected chi connectivity index (χ3v) is 3.24. The summed E-state index contributed by atoms with van der Waals surface area (Å²) in [5, 5.41) is 6.70. The molecule has 1 amide bonds. The number of ether oxygens (including phenoxy) is 1. The van der Waals surface area contributed by atoms with E-state index in [1.54, 1.807) is 6.20 Å². The lowest BCUT2D eigenvalue weighted by molar-refractivity contribution is 0.0303. The fraction of sp³-hybridized carbons (Fsp3) is 0.286. The highest BCUT2D eigenvalue weighted by Crippen LogP contribution is 2.19. The van der Waals surface area contributed by atoms with Gasteiger partial charge in [0.25, 0.3) is 5.91 Å². The summed E-state index contributed by atoms with van der Waals surface area (Å²) in [4.78, 5) is 14.2. The summed E-state index contributed by atoms with van der Waals surface area (Å²) in [7, 11) is 0. The van der Waals surface area contributed by atoms with Gasteiger partial charge in [-0.3, -0.25) is 9.89 Å². The van der Waals surface area contributed by atoms with Crippen molar-refractivity contribution in [3.8, 4) is 11.1 Å². The smallest absolute Gasteiger partial charge is 0.254 e. The van der Waals surface area contributed by atoms with Crippen LogP contribution in [0.3, 0.4) is 0 Å². The first-order valence-corrected chi connectivity index (χ1v) is 6.31. The Kier molecular flexibility index (Phi) is 3.29. The van der Waals surface area contributed by atoms with Crippen LogP contribution in [-0.2, 0) is 4.74 Å². The molecule has 0 atom stereocenters. The molecule has 98 valence electrons. The van der Waals surface area contributed by atoms with Crippen LogP contribution < -0.4 is 0 Å². The average Bonchev–Trinajstić information content (AvgIpc) is 3.02. The van der Waals surface area contributed by atoms with Gasteiger partial charge in [0.1, 0.15) is 0 Å². The molecule has 5 nitrogen and oxygen atoms in total. The summed E-state index contributed by atoms with van der Waals surface area (Å²) in [6.45, 7) is 2.56. The van der Waals surface area contributed by atoms with Crippen molar-refractivity contribution in [1.82, 2.24) is 15.1 Å². The highest BCUT2D eigenvalue weighted by molar-refractivity contribution is 5.95. The quantitative estimate of drug-likeness (QED) is 0.888. The zero-order valence-corrected chi connectivity index (χ0v) is 10.5. The molecule has 1 aliphatic rings. The first-order valence-electron chi connectivity index (χ1n) is 6.31. The molecule has 0 bridgehead atoms. The van der Waals surface area contributed by atoms with Crippen LogP contribution in [0.1, 0.15) is 10.4 Å². The number of H-pyrrole nitrogens is 1. The second-order valence-corrected chi connectivity index (χ2v) is 4.47. The van der Waals surface area contributed by atoms with E-state index < -0.39 is 0 Å². The average molecular weight is 257 g/mol. The SMILES string of the molecule is O=C(c1cccc(-c2cn[nH]c2)c1)N1CCOCC1. The van der Waals surface area contributed by atoms with Crippen LogP contribution in [-0.4, -0.2) is 47.3 Å². The van der Waals surface area contributed by atoms with E-state index in [0.717, 1.165) is 11.1 Å². The van der Waals surface area contributed by atoms with Gasteiger partial charge in [0.05, 0.1) is 19.4 Å². The number of benzene rings is 1. The molecule has 2 heterocycles. The van der Waals surface area contributed by atoms with E-state index >= 15 is 0 Å². The number of aromatic amines is 1. The number of rotatable bonds is 2. The molecule has 0 saturated carbocycles. The molecule has 1 N–H and O–H groups in total. The van der Waals surface area contributed by atoms with Gasteiger partial charge in [-0.2, -0.15) is 5.10 Å². The Bertz CT molecular complexity index is 560. The van der Waals surface area contributed by atoms with Gasteiger partial charge in [0.2, 0.25) is 0 Å². The van der Waals surface area contributed by atoms with Gasteiger partial charge in [-0.25, -0.2) is 0 Å². The van der Waals surface area contributed by atoms with Gasteiger partial charge in [0, 0.05) is 30.4 Å². The molecular weight excluding hydrogens is 242 g/mol. The van der Waals surface area contributed by atoms with Crippen LogP contribution in [0.25, 0.3) is 11.1 Å². The normalized spacial score (nSPS) is 15.5. The summed E-state index contributed by atoms with van der Waals surface area (Å²) in [6, 6.07) is 7.63. The van der Waals surface area contributed by atoms with Crippen LogP contribution in [0.5, 0.6) is 0 Å². The topological polar surface area (TPSA) is 58.2 Å². The lowest BCUT2D eigenvalue weighted by Gasteiger charge is -2.27. The second-order valence-electron chi connectivity index (χ2n) is 4.47. The molecule has 0 spiro atoms. The number of carbonyl (C=O) groups excluding carboxylic acids is 1. The molecule has 1 saturated heterocycles. The summed E-state index contributed by atoms with van der Waals surface area (Å²) in [6.07, 6.45) is 3.57. The molecule has 1 aliphatic heterocycles. The Labute approximate surface area is 111 Å². The maximum Gasteiger partial charge on any atom is 0.254 e. The van der Waals surface area contributed by atoms with Gasteiger partial charge in [-0.05, 0) is 17.7 Å². The van der Waals surface area contributed by atoms with Crippen LogP contribution >= 0.6 is 0 Å². The number of aromatic nitrogens is 2. The van der Waals surface area contributed by atoms with Crippen molar-refractivity contribution in [2.24, 2.45) is 0 Å². The minimum atomic E-state index is 0.0636. The van der Waals surface area contributed by atoms with Gasteiger partial charge < -0.3 is 9.64 Å². The van der Waals surface area contributed by atoms with Crippen molar-refractivity contribution in [2.75, 3.05) is 26.3 Å².